The lowest BCUT2D eigenvalue weighted by Gasteiger charge is -2.35. The first-order valence-corrected chi connectivity index (χ1v) is 10.8. The number of carbonyl (C=O) groups excluding carboxylic acids is 1. The van der Waals surface area contributed by atoms with Crippen molar-refractivity contribution in [2.75, 3.05) is 19.3 Å². The van der Waals surface area contributed by atoms with E-state index in [9.17, 15) is 13.2 Å². The van der Waals surface area contributed by atoms with Crippen molar-refractivity contribution in [3.05, 3.63) is 34.6 Å². The standard InChI is InChI=1S/C19H26N2O4S/c1-12-8-9-13(2)17-16(12)14(3)18(25-17)19(22)21-10-6-5-7-15(21)11-20-26(4,23)24/h8-9,15,20H,5-7,10-11H2,1-4H3/t15-/m0/s1. The van der Waals surface area contributed by atoms with Gasteiger partial charge in [0.15, 0.2) is 5.76 Å². The Kier molecular flexibility index (Phi) is 5.12. The fourth-order valence-electron chi connectivity index (χ4n) is 3.74. The maximum Gasteiger partial charge on any atom is 0.290 e. The van der Waals surface area contributed by atoms with Crippen LogP contribution < -0.4 is 4.72 Å². The molecule has 26 heavy (non-hydrogen) atoms. The molecule has 1 fully saturated rings. The number of nitrogens with zero attached hydrogens (tertiary/aromatic N) is 1. The van der Waals surface area contributed by atoms with Crippen LogP contribution in [0.1, 0.15) is 46.5 Å². The van der Waals surface area contributed by atoms with Gasteiger partial charge in [0, 0.05) is 30.1 Å². The van der Waals surface area contributed by atoms with E-state index in [1.807, 2.05) is 32.9 Å². The molecule has 1 saturated heterocycles. The second-order valence-electron chi connectivity index (χ2n) is 7.23. The van der Waals surface area contributed by atoms with Gasteiger partial charge in [-0.25, -0.2) is 13.1 Å². The first-order valence-electron chi connectivity index (χ1n) is 8.94. The van der Waals surface area contributed by atoms with E-state index in [4.69, 9.17) is 4.42 Å². The van der Waals surface area contributed by atoms with E-state index in [1.54, 1.807) is 4.90 Å². The predicted octanol–water partition coefficient (Wildman–Crippen LogP) is 2.90. The number of sulfonamides is 1. The molecule has 0 bridgehead atoms. The van der Waals surface area contributed by atoms with Crippen molar-refractivity contribution in [2.24, 2.45) is 0 Å². The number of furan rings is 1. The molecule has 7 heteroatoms. The van der Waals surface area contributed by atoms with Crippen LogP contribution >= 0.6 is 0 Å². The summed E-state index contributed by atoms with van der Waals surface area (Å²) in [5.74, 6) is 0.209. The summed E-state index contributed by atoms with van der Waals surface area (Å²) in [5.41, 5.74) is 3.70. The lowest BCUT2D eigenvalue weighted by atomic mass is 10.0. The second kappa shape index (κ2) is 7.04. The Balaban J connectivity index is 1.94. The topological polar surface area (TPSA) is 79.6 Å². The molecule has 3 rings (SSSR count). The molecule has 1 atom stereocenters. The number of rotatable bonds is 4. The monoisotopic (exact) mass is 378 g/mol. The fourth-order valence-corrected chi connectivity index (χ4v) is 4.23. The smallest absolute Gasteiger partial charge is 0.290 e. The van der Waals surface area contributed by atoms with Gasteiger partial charge in [-0.1, -0.05) is 12.1 Å². The number of hydrogen-bond acceptors (Lipinski definition) is 4. The molecule has 0 unspecified atom stereocenters. The Morgan fingerprint density at radius 3 is 2.58 bits per heavy atom. The highest BCUT2D eigenvalue weighted by Crippen LogP contribution is 2.32. The number of piperidine rings is 1. The van der Waals surface area contributed by atoms with Gasteiger partial charge in [-0.3, -0.25) is 4.79 Å². The molecule has 1 aliphatic heterocycles. The molecule has 0 spiro atoms. The van der Waals surface area contributed by atoms with E-state index in [0.29, 0.717) is 12.3 Å². The van der Waals surface area contributed by atoms with Gasteiger partial charge in [-0.2, -0.15) is 0 Å². The second-order valence-corrected chi connectivity index (χ2v) is 9.06. The maximum atomic E-state index is 13.2. The number of amides is 1. The molecule has 1 amide bonds. The molecule has 0 radical (unpaired) electrons. The maximum absolute atomic E-state index is 13.2. The summed E-state index contributed by atoms with van der Waals surface area (Å²) >= 11 is 0. The van der Waals surface area contributed by atoms with Gasteiger partial charge in [-0.15, -0.1) is 0 Å². The van der Waals surface area contributed by atoms with Gasteiger partial charge >= 0.3 is 0 Å². The molecule has 1 N–H and O–H groups in total. The van der Waals surface area contributed by atoms with Crippen molar-refractivity contribution in [3.63, 3.8) is 0 Å². The highest BCUT2D eigenvalue weighted by atomic mass is 32.2. The molecular formula is C19H26N2O4S. The first-order chi connectivity index (χ1) is 12.2. The number of nitrogens with one attached hydrogen (secondary N) is 1. The summed E-state index contributed by atoms with van der Waals surface area (Å²) in [6.07, 6.45) is 3.82. The summed E-state index contributed by atoms with van der Waals surface area (Å²) < 4.78 is 31.4. The summed E-state index contributed by atoms with van der Waals surface area (Å²) in [6, 6.07) is 3.88. The number of aryl methyl sites for hydroxylation is 3. The Hall–Kier alpha value is -1.86. The Morgan fingerprint density at radius 1 is 1.23 bits per heavy atom. The molecule has 1 aromatic heterocycles. The van der Waals surface area contributed by atoms with Crippen LogP contribution in [0.25, 0.3) is 11.0 Å². The van der Waals surface area contributed by atoms with E-state index in [0.717, 1.165) is 53.2 Å². The Bertz CT molecular complexity index is 946. The van der Waals surface area contributed by atoms with Crippen molar-refractivity contribution in [3.8, 4) is 0 Å². The third-order valence-corrected chi connectivity index (χ3v) is 5.84. The van der Waals surface area contributed by atoms with Crippen LogP contribution in [0.4, 0.5) is 0 Å². The third-order valence-electron chi connectivity index (χ3n) is 5.15. The van der Waals surface area contributed by atoms with E-state index in [2.05, 4.69) is 4.72 Å². The lowest BCUT2D eigenvalue weighted by molar-refractivity contribution is 0.0587. The van der Waals surface area contributed by atoms with Crippen molar-refractivity contribution >= 4 is 26.9 Å². The lowest BCUT2D eigenvalue weighted by Crippen LogP contribution is -2.49. The molecule has 2 aromatic rings. The molecule has 0 saturated carbocycles. The van der Waals surface area contributed by atoms with Crippen LogP contribution in [0.5, 0.6) is 0 Å². The highest BCUT2D eigenvalue weighted by molar-refractivity contribution is 7.88. The van der Waals surface area contributed by atoms with Crippen molar-refractivity contribution in [1.82, 2.24) is 9.62 Å². The molecular weight excluding hydrogens is 352 g/mol. The minimum Gasteiger partial charge on any atom is -0.450 e. The molecule has 6 nitrogen and oxygen atoms in total. The largest absolute Gasteiger partial charge is 0.450 e. The summed E-state index contributed by atoms with van der Waals surface area (Å²) in [4.78, 5) is 15.0. The minimum absolute atomic E-state index is 0.152. The fraction of sp³-hybridized carbons (Fsp3) is 0.526. The van der Waals surface area contributed by atoms with Gasteiger partial charge in [0.2, 0.25) is 10.0 Å². The zero-order valence-electron chi connectivity index (χ0n) is 15.8. The first kappa shape index (κ1) is 18.9. The van der Waals surface area contributed by atoms with E-state index >= 15 is 0 Å². The number of fused-ring (bicyclic) bond motifs is 1. The van der Waals surface area contributed by atoms with Crippen LogP contribution in [0.2, 0.25) is 0 Å². The van der Waals surface area contributed by atoms with Gasteiger partial charge in [0.05, 0.1) is 6.26 Å². The van der Waals surface area contributed by atoms with Gasteiger partial charge in [0.25, 0.3) is 5.91 Å². The zero-order chi connectivity index (χ0) is 19.1. The molecule has 142 valence electrons. The van der Waals surface area contributed by atoms with Gasteiger partial charge < -0.3 is 9.32 Å². The number of benzene rings is 1. The number of hydrogen-bond donors (Lipinski definition) is 1. The summed E-state index contributed by atoms with van der Waals surface area (Å²) in [5, 5.41) is 0.996. The van der Waals surface area contributed by atoms with Gasteiger partial charge in [-0.05, 0) is 51.2 Å². The van der Waals surface area contributed by atoms with E-state index in [1.165, 1.54) is 0 Å². The molecule has 2 heterocycles. The SMILES string of the molecule is Cc1ccc(C)c2c(C)c(C(=O)N3CCCC[C@H]3CNS(C)(=O)=O)oc12. The zero-order valence-corrected chi connectivity index (χ0v) is 16.6. The van der Waals surface area contributed by atoms with E-state index < -0.39 is 10.0 Å². The van der Waals surface area contributed by atoms with Crippen LogP contribution in [0.15, 0.2) is 16.5 Å². The van der Waals surface area contributed by atoms with E-state index in [-0.39, 0.29) is 18.5 Å². The Labute approximate surface area is 154 Å². The minimum atomic E-state index is -3.29. The normalized spacial score (nSPS) is 18.5. The van der Waals surface area contributed by atoms with Crippen molar-refractivity contribution in [2.45, 2.75) is 46.1 Å². The average Bonchev–Trinajstić information content (AvgIpc) is 2.94. The van der Waals surface area contributed by atoms with Crippen molar-refractivity contribution < 1.29 is 17.6 Å². The predicted molar refractivity (Wildman–Crippen MR) is 102 cm³/mol. The Morgan fingerprint density at radius 2 is 1.92 bits per heavy atom. The number of likely N-dealkylation sites (tertiary alicyclic amines) is 1. The highest BCUT2D eigenvalue weighted by Gasteiger charge is 2.31. The average molecular weight is 378 g/mol. The quantitative estimate of drug-likeness (QED) is 0.887. The van der Waals surface area contributed by atoms with Gasteiger partial charge in [0.1, 0.15) is 5.58 Å². The summed E-state index contributed by atoms with van der Waals surface area (Å²) in [7, 11) is -3.29. The van der Waals surface area contributed by atoms with Crippen LogP contribution in [0.3, 0.4) is 0 Å². The van der Waals surface area contributed by atoms with Crippen LogP contribution in [0, 0.1) is 20.8 Å². The van der Waals surface area contributed by atoms with Crippen LogP contribution in [-0.4, -0.2) is 44.6 Å². The molecule has 1 aliphatic rings. The third kappa shape index (κ3) is 3.64. The van der Waals surface area contributed by atoms with Crippen molar-refractivity contribution in [1.29, 1.82) is 0 Å². The molecule has 0 aliphatic carbocycles. The summed E-state index contributed by atoms with van der Waals surface area (Å²) in [6.45, 7) is 6.75. The number of carbonyl (C=O) groups is 1. The van der Waals surface area contributed by atoms with Crippen LogP contribution in [-0.2, 0) is 10.0 Å². The molecule has 1 aromatic carbocycles.